The lowest BCUT2D eigenvalue weighted by molar-refractivity contribution is 0.974. The van der Waals surface area contributed by atoms with Crippen LogP contribution in [0.1, 0.15) is 39.5 Å². The van der Waals surface area contributed by atoms with Crippen molar-refractivity contribution in [3.8, 4) is 0 Å². The molecule has 0 N–H and O–H groups in total. The van der Waals surface area contributed by atoms with E-state index >= 15 is 0 Å². The lowest BCUT2D eigenvalue weighted by atomic mass is 10.3. The Bertz CT molecular complexity index is 136. The van der Waals surface area contributed by atoms with Crippen molar-refractivity contribution in [3.05, 3.63) is 0 Å². The fraction of sp³-hybridized carbons (Fsp3) is 0.778. The molecule has 0 aliphatic rings. The molecule has 64 valence electrons. The van der Waals surface area contributed by atoms with Gasteiger partial charge in [0.15, 0.2) is 0 Å². The number of nitrogens with zero attached hydrogens (tertiary/aromatic N) is 2. The molecular weight excluding hydrogens is 136 g/mol. The summed E-state index contributed by atoms with van der Waals surface area (Å²) in [6, 6.07) is 0. The van der Waals surface area contributed by atoms with E-state index in [2.05, 4.69) is 23.8 Å². The van der Waals surface area contributed by atoms with Gasteiger partial charge in [-0.15, -0.1) is 0 Å². The van der Waals surface area contributed by atoms with Gasteiger partial charge in [0.05, 0.1) is 0 Å². The van der Waals surface area contributed by atoms with Crippen LogP contribution in [0, 0.1) is 0 Å². The highest BCUT2D eigenvalue weighted by atomic mass is 14.9. The van der Waals surface area contributed by atoms with Crippen LogP contribution in [-0.4, -0.2) is 19.1 Å². The van der Waals surface area contributed by atoms with Gasteiger partial charge < -0.3 is 0 Å². The molecule has 2 heteroatoms. The Kier molecular flexibility index (Phi) is 7.00. The van der Waals surface area contributed by atoms with Crippen LogP contribution >= 0.6 is 0 Å². The fourth-order valence-electron chi connectivity index (χ4n) is 0.757. The summed E-state index contributed by atoms with van der Waals surface area (Å²) in [6.45, 7) is 4.29. The van der Waals surface area contributed by atoms with E-state index in [1.807, 2.05) is 6.21 Å². The summed E-state index contributed by atoms with van der Waals surface area (Å²) in [5, 5.41) is 0. The van der Waals surface area contributed by atoms with Gasteiger partial charge in [-0.05, 0) is 12.8 Å². The molecule has 0 bridgehead atoms. The van der Waals surface area contributed by atoms with Gasteiger partial charge >= 0.3 is 0 Å². The van der Waals surface area contributed by atoms with Crippen LogP contribution in [0.4, 0.5) is 0 Å². The maximum Gasteiger partial charge on any atom is 0.122 e. The van der Waals surface area contributed by atoms with E-state index in [4.69, 9.17) is 0 Å². The van der Waals surface area contributed by atoms with Gasteiger partial charge in [0.25, 0.3) is 0 Å². The second-order valence-corrected chi connectivity index (χ2v) is 2.49. The van der Waals surface area contributed by atoms with Crippen LogP contribution in [-0.2, 0) is 0 Å². The second-order valence-electron chi connectivity index (χ2n) is 2.49. The number of amidine groups is 1. The molecule has 11 heavy (non-hydrogen) atoms. The van der Waals surface area contributed by atoms with E-state index in [0.29, 0.717) is 0 Å². The maximum absolute atomic E-state index is 4.25. The molecule has 0 aliphatic heterocycles. The van der Waals surface area contributed by atoms with Crippen molar-refractivity contribution in [1.82, 2.24) is 0 Å². The summed E-state index contributed by atoms with van der Waals surface area (Å²) in [5.41, 5.74) is 0. The summed E-state index contributed by atoms with van der Waals surface area (Å²) in [7, 11) is 1.80. The Hall–Kier alpha value is -0.660. The molecule has 0 atom stereocenters. The van der Waals surface area contributed by atoms with Crippen molar-refractivity contribution >= 4 is 12.1 Å². The van der Waals surface area contributed by atoms with Crippen LogP contribution in [0.2, 0.25) is 0 Å². The van der Waals surface area contributed by atoms with E-state index < -0.39 is 0 Å². The van der Waals surface area contributed by atoms with Crippen LogP contribution in [0.3, 0.4) is 0 Å². The highest BCUT2D eigenvalue weighted by molar-refractivity contribution is 5.89. The minimum absolute atomic E-state index is 0.973. The van der Waals surface area contributed by atoms with Crippen LogP contribution in [0.25, 0.3) is 0 Å². The van der Waals surface area contributed by atoms with Crippen molar-refractivity contribution < 1.29 is 0 Å². The zero-order valence-electron chi connectivity index (χ0n) is 7.80. The van der Waals surface area contributed by atoms with Crippen LogP contribution in [0.15, 0.2) is 9.98 Å². The number of hydrogen-bond acceptors (Lipinski definition) is 1. The molecular formula is C9H18N2. The first kappa shape index (κ1) is 10.3. The molecule has 0 aromatic carbocycles. The number of rotatable bonds is 4. The average Bonchev–Trinajstić information content (AvgIpc) is 2.03. The van der Waals surface area contributed by atoms with Crippen molar-refractivity contribution in [2.75, 3.05) is 7.05 Å². The Balaban J connectivity index is 3.69. The van der Waals surface area contributed by atoms with E-state index in [9.17, 15) is 0 Å². The predicted molar refractivity (Wildman–Crippen MR) is 51.7 cm³/mol. The van der Waals surface area contributed by atoms with Gasteiger partial charge in [0.1, 0.15) is 5.84 Å². The molecule has 0 unspecified atom stereocenters. The third-order valence-electron chi connectivity index (χ3n) is 1.39. The second kappa shape index (κ2) is 7.45. The molecule has 2 nitrogen and oxygen atoms in total. The third kappa shape index (κ3) is 5.77. The van der Waals surface area contributed by atoms with Gasteiger partial charge in [-0.3, -0.25) is 4.99 Å². The van der Waals surface area contributed by atoms with Gasteiger partial charge in [0.2, 0.25) is 0 Å². The Morgan fingerprint density at radius 1 is 1.27 bits per heavy atom. The largest absolute Gasteiger partial charge is 0.274 e. The molecule has 0 rings (SSSR count). The van der Waals surface area contributed by atoms with E-state index in [1.54, 1.807) is 7.05 Å². The number of unbranched alkanes of at least 4 members (excludes halogenated alkanes) is 1. The summed E-state index contributed by atoms with van der Waals surface area (Å²) in [4.78, 5) is 8.31. The first-order valence-electron chi connectivity index (χ1n) is 4.33. The van der Waals surface area contributed by atoms with Crippen molar-refractivity contribution in [1.29, 1.82) is 0 Å². The third-order valence-corrected chi connectivity index (χ3v) is 1.39. The maximum atomic E-state index is 4.25. The van der Waals surface area contributed by atoms with Crippen molar-refractivity contribution in [2.45, 2.75) is 39.5 Å². The monoisotopic (exact) mass is 154 g/mol. The Morgan fingerprint density at radius 2 is 2.00 bits per heavy atom. The lowest BCUT2D eigenvalue weighted by Crippen LogP contribution is -1.93. The number of aliphatic imine (C=N–C) groups is 2. The summed E-state index contributed by atoms with van der Waals surface area (Å²) in [5.74, 6) is 0.973. The molecule has 0 aliphatic carbocycles. The summed E-state index contributed by atoms with van der Waals surface area (Å²) >= 11 is 0. The SMILES string of the molecule is CCCC=NC(CCC)=NC. The van der Waals surface area contributed by atoms with E-state index in [1.165, 1.54) is 0 Å². The Labute approximate surface area is 69.4 Å². The van der Waals surface area contributed by atoms with E-state index in [0.717, 1.165) is 31.5 Å². The molecule has 0 heterocycles. The number of hydrogen-bond donors (Lipinski definition) is 0. The highest BCUT2D eigenvalue weighted by Crippen LogP contribution is 1.93. The van der Waals surface area contributed by atoms with Gasteiger partial charge in [-0.25, -0.2) is 4.99 Å². The highest BCUT2D eigenvalue weighted by Gasteiger charge is 1.89. The normalized spacial score (nSPS) is 12.8. The topological polar surface area (TPSA) is 24.7 Å². The molecule has 0 aromatic rings. The van der Waals surface area contributed by atoms with E-state index in [-0.39, 0.29) is 0 Å². The molecule has 0 amide bonds. The molecule has 0 spiro atoms. The lowest BCUT2D eigenvalue weighted by Gasteiger charge is -1.94. The first-order chi connectivity index (χ1) is 5.35. The predicted octanol–water partition coefficient (Wildman–Crippen LogP) is 2.69. The van der Waals surface area contributed by atoms with Crippen LogP contribution < -0.4 is 0 Å². The van der Waals surface area contributed by atoms with Gasteiger partial charge in [-0.1, -0.05) is 20.3 Å². The summed E-state index contributed by atoms with van der Waals surface area (Å²) < 4.78 is 0. The van der Waals surface area contributed by atoms with Crippen LogP contribution in [0.5, 0.6) is 0 Å². The Morgan fingerprint density at radius 3 is 2.45 bits per heavy atom. The standard InChI is InChI=1S/C9H18N2/c1-4-6-8-11-9(10-3)7-5-2/h8H,4-7H2,1-3H3. The fourth-order valence-corrected chi connectivity index (χ4v) is 0.757. The summed E-state index contributed by atoms with van der Waals surface area (Å²) in [6.07, 6.45) is 6.29. The minimum atomic E-state index is 0.973. The minimum Gasteiger partial charge on any atom is -0.274 e. The zero-order chi connectivity index (χ0) is 8.53. The van der Waals surface area contributed by atoms with Crippen molar-refractivity contribution in [3.63, 3.8) is 0 Å². The molecule has 0 radical (unpaired) electrons. The molecule has 0 aromatic heterocycles. The van der Waals surface area contributed by atoms with Gasteiger partial charge in [-0.2, -0.15) is 0 Å². The van der Waals surface area contributed by atoms with Gasteiger partial charge in [0, 0.05) is 19.7 Å². The quantitative estimate of drug-likeness (QED) is 0.439. The first-order valence-corrected chi connectivity index (χ1v) is 4.33. The molecule has 0 saturated carbocycles. The molecule has 0 fully saturated rings. The smallest absolute Gasteiger partial charge is 0.122 e. The average molecular weight is 154 g/mol. The van der Waals surface area contributed by atoms with Crippen molar-refractivity contribution in [2.24, 2.45) is 9.98 Å². The zero-order valence-corrected chi connectivity index (χ0v) is 7.80. The molecule has 0 saturated heterocycles.